The van der Waals surface area contributed by atoms with Crippen LogP contribution in [-0.4, -0.2) is 24.7 Å². The van der Waals surface area contributed by atoms with Gasteiger partial charge in [-0.3, -0.25) is 4.79 Å². The fourth-order valence-electron chi connectivity index (χ4n) is 4.45. The lowest BCUT2D eigenvalue weighted by Gasteiger charge is -2.23. The second-order valence-corrected chi connectivity index (χ2v) is 10.3. The van der Waals surface area contributed by atoms with Crippen molar-refractivity contribution in [2.75, 3.05) is 13.7 Å². The molecule has 1 saturated carbocycles. The fraction of sp³-hybridized carbons (Fsp3) is 0.407. The zero-order chi connectivity index (χ0) is 28.2. The van der Waals surface area contributed by atoms with Gasteiger partial charge in [-0.05, 0) is 66.4 Å². The smallest absolute Gasteiger partial charge is 0.416 e. The van der Waals surface area contributed by atoms with Gasteiger partial charge in [-0.2, -0.15) is 31.3 Å². The molecule has 210 valence electrons. The molecule has 1 fully saturated rings. The molecule has 0 saturated heterocycles. The maximum atomic E-state index is 13.6. The number of likely N-dealkylation sites (N-methyl/N-ethyl adjacent to an activating group) is 1. The van der Waals surface area contributed by atoms with Gasteiger partial charge in [0.05, 0.1) is 22.6 Å². The summed E-state index contributed by atoms with van der Waals surface area (Å²) >= 11 is 0.951. The highest BCUT2D eigenvalue weighted by Crippen LogP contribution is 2.39. The van der Waals surface area contributed by atoms with Crippen molar-refractivity contribution in [1.29, 1.82) is 0 Å². The third-order valence-corrected chi connectivity index (χ3v) is 7.26. The Labute approximate surface area is 225 Å². The number of hydrogen-bond donors (Lipinski definition) is 1. The van der Waals surface area contributed by atoms with Gasteiger partial charge in [0.25, 0.3) is 0 Å². The average Bonchev–Trinajstić information content (AvgIpc) is 3.25. The molecule has 0 atom stereocenters. The van der Waals surface area contributed by atoms with Crippen LogP contribution in [0.4, 0.5) is 31.1 Å². The zero-order valence-corrected chi connectivity index (χ0v) is 21.7. The van der Waals surface area contributed by atoms with E-state index in [0.29, 0.717) is 34.9 Å². The Kier molecular flexibility index (Phi) is 8.83. The highest BCUT2D eigenvalue weighted by atomic mass is 32.2. The number of aliphatic imine (C=N–C) groups is 1. The third-order valence-electron chi connectivity index (χ3n) is 6.46. The van der Waals surface area contributed by atoms with Crippen LogP contribution < -0.4 is 14.8 Å². The number of amidine groups is 1. The largest absolute Gasteiger partial charge is 0.489 e. The van der Waals surface area contributed by atoms with Gasteiger partial charge in [-0.25, -0.2) is 0 Å². The molecule has 0 spiro atoms. The normalized spacial score (nSPS) is 17.9. The number of nitrogens with one attached hydrogen (secondary N) is 1. The summed E-state index contributed by atoms with van der Waals surface area (Å²) in [7, 11) is 1.64. The third kappa shape index (κ3) is 7.49. The first-order valence-corrected chi connectivity index (χ1v) is 13.1. The summed E-state index contributed by atoms with van der Waals surface area (Å²) < 4.78 is 91.6. The van der Waals surface area contributed by atoms with E-state index in [1.165, 1.54) is 6.07 Å². The Bertz CT molecular complexity index is 1270. The van der Waals surface area contributed by atoms with Crippen molar-refractivity contribution in [3.63, 3.8) is 0 Å². The van der Waals surface area contributed by atoms with Crippen LogP contribution >= 0.6 is 11.8 Å². The number of hydrogen-bond acceptors (Lipinski definition) is 5. The van der Waals surface area contributed by atoms with Crippen LogP contribution in [0.2, 0.25) is 0 Å². The maximum absolute atomic E-state index is 13.6. The number of thioether (sulfide) groups is 1. The predicted molar refractivity (Wildman–Crippen MR) is 137 cm³/mol. The molecular weight excluding hydrogens is 546 g/mol. The van der Waals surface area contributed by atoms with Crippen molar-refractivity contribution in [2.24, 2.45) is 10.9 Å². The van der Waals surface area contributed by atoms with Crippen LogP contribution in [0.1, 0.15) is 54.4 Å². The molecule has 0 aromatic heterocycles. The molecule has 2 aromatic rings. The SMILES string of the molecule is CNC1=NC(=O)S/C1=C\c1ccc(OCc2ccc(C(F)(F)F)cc2C(F)(F)F)c(OCC2CCCCC2)c1. The molecule has 1 N–H and O–H groups in total. The van der Waals surface area contributed by atoms with Gasteiger partial charge in [0.15, 0.2) is 11.5 Å². The lowest BCUT2D eigenvalue weighted by molar-refractivity contribution is -0.143. The van der Waals surface area contributed by atoms with E-state index in [2.05, 4.69) is 10.3 Å². The van der Waals surface area contributed by atoms with Gasteiger partial charge in [0.2, 0.25) is 0 Å². The van der Waals surface area contributed by atoms with E-state index in [4.69, 9.17) is 9.47 Å². The van der Waals surface area contributed by atoms with E-state index < -0.39 is 35.6 Å². The number of ether oxygens (including phenoxy) is 2. The van der Waals surface area contributed by atoms with Crippen molar-refractivity contribution in [2.45, 2.75) is 51.1 Å². The number of amides is 1. The Morgan fingerprint density at radius 1 is 0.974 bits per heavy atom. The zero-order valence-electron chi connectivity index (χ0n) is 20.9. The minimum Gasteiger partial charge on any atom is -0.489 e. The monoisotopic (exact) mass is 572 g/mol. The van der Waals surface area contributed by atoms with Gasteiger partial charge in [0, 0.05) is 12.6 Å². The molecule has 1 amide bonds. The molecule has 5 nitrogen and oxygen atoms in total. The van der Waals surface area contributed by atoms with Crippen LogP contribution in [0.15, 0.2) is 46.3 Å². The van der Waals surface area contributed by atoms with Crippen LogP contribution in [0.3, 0.4) is 0 Å². The van der Waals surface area contributed by atoms with Gasteiger partial charge >= 0.3 is 17.6 Å². The minimum absolute atomic E-state index is 0.0932. The molecule has 2 aromatic carbocycles. The highest BCUT2D eigenvalue weighted by Gasteiger charge is 2.38. The molecule has 0 unspecified atom stereocenters. The molecule has 12 heteroatoms. The lowest BCUT2D eigenvalue weighted by atomic mass is 9.90. The number of nitrogens with zero attached hydrogens (tertiary/aromatic N) is 1. The fourth-order valence-corrected chi connectivity index (χ4v) is 5.21. The summed E-state index contributed by atoms with van der Waals surface area (Å²) in [6.07, 6.45) is -2.84. The summed E-state index contributed by atoms with van der Waals surface area (Å²) in [5, 5.41) is 2.49. The molecule has 1 heterocycles. The standard InChI is InChI=1S/C27H26F6N2O3S/c1-34-24-23(39-25(36)35-24)12-17-7-10-21(22(11-17)37-14-16-5-3-2-4-6-16)38-15-18-8-9-19(26(28,29)30)13-20(18)27(31,32)33/h7-13,16H,2-6,14-15H2,1H3,(H,34,35,36)/b23-12-. The second-order valence-electron chi connectivity index (χ2n) is 9.26. The molecule has 0 radical (unpaired) electrons. The van der Waals surface area contributed by atoms with Crippen molar-refractivity contribution in [3.05, 3.63) is 63.6 Å². The molecule has 1 aliphatic carbocycles. The average molecular weight is 573 g/mol. The lowest BCUT2D eigenvalue weighted by Crippen LogP contribution is -2.16. The summed E-state index contributed by atoms with van der Waals surface area (Å²) in [6.45, 7) is -0.227. The number of benzene rings is 2. The first-order chi connectivity index (χ1) is 18.4. The predicted octanol–water partition coefficient (Wildman–Crippen LogP) is 8.09. The number of halogens is 6. The van der Waals surface area contributed by atoms with E-state index >= 15 is 0 Å². The Hall–Kier alpha value is -3.15. The number of carbonyl (C=O) groups excluding carboxylic acids is 1. The van der Waals surface area contributed by atoms with Crippen molar-refractivity contribution in [1.82, 2.24) is 5.32 Å². The Balaban J connectivity index is 1.60. The number of alkyl halides is 6. The van der Waals surface area contributed by atoms with Crippen molar-refractivity contribution in [3.8, 4) is 11.5 Å². The molecular formula is C27H26F6N2O3S. The molecule has 0 bridgehead atoms. The van der Waals surface area contributed by atoms with E-state index in [1.54, 1.807) is 25.3 Å². The van der Waals surface area contributed by atoms with Crippen molar-refractivity contribution >= 4 is 28.9 Å². The topological polar surface area (TPSA) is 59.9 Å². The minimum atomic E-state index is -5.00. The number of carbonyl (C=O) groups is 1. The number of rotatable bonds is 7. The van der Waals surface area contributed by atoms with Gasteiger partial charge in [0.1, 0.15) is 12.4 Å². The van der Waals surface area contributed by atoms with Gasteiger partial charge < -0.3 is 14.8 Å². The first kappa shape index (κ1) is 28.8. The summed E-state index contributed by atoms with van der Waals surface area (Å²) in [5.41, 5.74) is -2.59. The van der Waals surface area contributed by atoms with Gasteiger partial charge in [-0.15, -0.1) is 0 Å². The van der Waals surface area contributed by atoms with E-state index in [1.807, 2.05) is 0 Å². The Morgan fingerprint density at radius 3 is 2.38 bits per heavy atom. The summed E-state index contributed by atoms with van der Waals surface area (Å²) in [6, 6.07) is 6.29. The first-order valence-electron chi connectivity index (χ1n) is 12.3. The van der Waals surface area contributed by atoms with Crippen molar-refractivity contribution < 1.29 is 40.6 Å². The van der Waals surface area contributed by atoms with Gasteiger partial charge in [-0.1, -0.05) is 31.4 Å². The molecule has 39 heavy (non-hydrogen) atoms. The van der Waals surface area contributed by atoms with E-state index in [9.17, 15) is 31.1 Å². The summed E-state index contributed by atoms with van der Waals surface area (Å²) in [5.74, 6) is 1.18. The van der Waals surface area contributed by atoms with Crippen LogP contribution in [0.5, 0.6) is 11.5 Å². The van der Waals surface area contributed by atoms with Crippen LogP contribution in [-0.2, 0) is 19.0 Å². The van der Waals surface area contributed by atoms with E-state index in [0.717, 1.165) is 49.9 Å². The molecule has 1 aliphatic heterocycles. The Morgan fingerprint density at radius 2 is 1.72 bits per heavy atom. The molecule has 2 aliphatic rings. The van der Waals surface area contributed by atoms with Crippen LogP contribution in [0, 0.1) is 5.92 Å². The van der Waals surface area contributed by atoms with E-state index in [-0.39, 0.29) is 22.8 Å². The quantitative estimate of drug-likeness (QED) is 0.340. The highest BCUT2D eigenvalue weighted by molar-refractivity contribution is 8.18. The second kappa shape index (κ2) is 11.9. The van der Waals surface area contributed by atoms with Crippen LogP contribution in [0.25, 0.3) is 6.08 Å². The molecule has 4 rings (SSSR count). The maximum Gasteiger partial charge on any atom is 0.416 e. The summed E-state index contributed by atoms with van der Waals surface area (Å²) in [4.78, 5) is 16.2.